The van der Waals surface area contributed by atoms with Gasteiger partial charge in [0.2, 0.25) is 0 Å². The van der Waals surface area contributed by atoms with E-state index in [2.05, 4.69) is 121 Å². The van der Waals surface area contributed by atoms with Crippen LogP contribution < -0.4 is 0 Å². The van der Waals surface area contributed by atoms with Gasteiger partial charge < -0.3 is 4.57 Å². The summed E-state index contributed by atoms with van der Waals surface area (Å²) in [5.41, 5.74) is 10.7. The molecule has 7 aromatic rings. The summed E-state index contributed by atoms with van der Waals surface area (Å²) in [6, 6.07) is 48.5. The number of hydrogen-bond acceptors (Lipinski definition) is 2. The Morgan fingerprint density at radius 1 is 0.436 bits per heavy atom. The number of nitrogens with zero attached hydrogens (tertiary/aromatic N) is 2. The lowest BCUT2D eigenvalue weighted by Gasteiger charge is -2.11. The number of benzene rings is 5. The molecule has 1 N–H and O–H groups in total. The van der Waals surface area contributed by atoms with E-state index in [1.54, 1.807) is 0 Å². The van der Waals surface area contributed by atoms with Gasteiger partial charge in [-0.2, -0.15) is 0 Å². The molecule has 0 unspecified atom stereocenters. The van der Waals surface area contributed by atoms with Gasteiger partial charge in [-0.15, -0.1) is 0 Å². The predicted octanol–water partition coefficient (Wildman–Crippen LogP) is 9.31. The van der Waals surface area contributed by atoms with Crippen LogP contribution in [-0.4, -0.2) is 15.9 Å². The van der Waals surface area contributed by atoms with E-state index in [1.165, 1.54) is 17.5 Å². The quantitative estimate of drug-likeness (QED) is 0.186. The minimum Gasteiger partial charge on any atom is -0.300 e. The first kappa shape index (κ1) is 22.9. The summed E-state index contributed by atoms with van der Waals surface area (Å²) in [7, 11) is 0. The zero-order chi connectivity index (χ0) is 26.2. The maximum absolute atomic E-state index is 8.14. The number of fused-ring (bicyclic) bond motifs is 3. The van der Waals surface area contributed by atoms with E-state index in [0.717, 1.165) is 55.4 Å². The number of nitrogens with one attached hydrogen (secondary N) is 1. The molecule has 0 aliphatic rings. The molecule has 0 aliphatic carbocycles. The van der Waals surface area contributed by atoms with Crippen molar-refractivity contribution < 1.29 is 0 Å². The molecule has 0 saturated heterocycles. The summed E-state index contributed by atoms with van der Waals surface area (Å²) < 4.78 is 1.96. The normalized spacial score (nSPS) is 11.2. The van der Waals surface area contributed by atoms with Crippen LogP contribution >= 0.6 is 0 Å². The molecule has 0 spiro atoms. The van der Waals surface area contributed by atoms with Crippen molar-refractivity contribution in [3.63, 3.8) is 0 Å². The molecule has 0 atom stereocenters. The molecule has 2 heterocycles. The molecule has 39 heavy (non-hydrogen) atoms. The van der Waals surface area contributed by atoms with Crippen LogP contribution in [0.4, 0.5) is 0 Å². The standard InChI is InChI=1S/C36H25N3/c37-24-39-35-18-16-28(25-10-4-1-5-11-25)20-31(35)32-21-29(17-19-36(32)39)30-22-33(26-12-6-2-7-13-26)38-34(23-30)27-14-8-3-9-15-27/h1-24,37H. The van der Waals surface area contributed by atoms with Crippen LogP contribution in [0.25, 0.3) is 66.6 Å². The van der Waals surface area contributed by atoms with Crippen LogP contribution in [0, 0.1) is 5.41 Å². The Balaban J connectivity index is 1.45. The van der Waals surface area contributed by atoms with Crippen molar-refractivity contribution in [3.05, 3.63) is 140 Å². The van der Waals surface area contributed by atoms with E-state index < -0.39 is 0 Å². The van der Waals surface area contributed by atoms with Gasteiger partial charge in [-0.05, 0) is 58.7 Å². The van der Waals surface area contributed by atoms with Crippen LogP contribution in [-0.2, 0) is 0 Å². The monoisotopic (exact) mass is 499 g/mol. The van der Waals surface area contributed by atoms with E-state index >= 15 is 0 Å². The van der Waals surface area contributed by atoms with Gasteiger partial charge in [0.25, 0.3) is 0 Å². The molecule has 3 heteroatoms. The van der Waals surface area contributed by atoms with E-state index in [-0.39, 0.29) is 0 Å². The second-order valence-electron chi connectivity index (χ2n) is 9.69. The van der Waals surface area contributed by atoms with E-state index in [9.17, 15) is 0 Å². The van der Waals surface area contributed by atoms with Gasteiger partial charge >= 0.3 is 0 Å². The van der Waals surface area contributed by atoms with Crippen molar-refractivity contribution in [3.8, 4) is 44.8 Å². The molecule has 0 bridgehead atoms. The van der Waals surface area contributed by atoms with Crippen molar-refractivity contribution >= 4 is 28.1 Å². The highest BCUT2D eigenvalue weighted by Gasteiger charge is 2.14. The fraction of sp³-hybridized carbons (Fsp3) is 0. The van der Waals surface area contributed by atoms with Crippen LogP contribution in [0.3, 0.4) is 0 Å². The molecule has 0 fully saturated rings. The molecule has 184 valence electrons. The number of pyridine rings is 1. The van der Waals surface area contributed by atoms with Crippen LogP contribution in [0.15, 0.2) is 140 Å². The number of hydrogen-bond donors (Lipinski definition) is 1. The van der Waals surface area contributed by atoms with Crippen molar-refractivity contribution in [1.82, 2.24) is 9.55 Å². The fourth-order valence-electron chi connectivity index (χ4n) is 5.39. The second-order valence-corrected chi connectivity index (χ2v) is 9.69. The van der Waals surface area contributed by atoms with Crippen LogP contribution in [0.1, 0.15) is 0 Å². The zero-order valence-corrected chi connectivity index (χ0v) is 21.3. The minimum absolute atomic E-state index is 0.945. The lowest BCUT2D eigenvalue weighted by Crippen LogP contribution is -1.93. The van der Waals surface area contributed by atoms with Gasteiger partial charge in [-0.1, -0.05) is 103 Å². The Morgan fingerprint density at radius 2 is 0.872 bits per heavy atom. The maximum atomic E-state index is 8.14. The van der Waals surface area contributed by atoms with Gasteiger partial charge in [0.15, 0.2) is 0 Å². The Kier molecular flexibility index (Phi) is 5.60. The van der Waals surface area contributed by atoms with Crippen molar-refractivity contribution in [2.24, 2.45) is 0 Å². The van der Waals surface area contributed by atoms with Crippen molar-refractivity contribution in [2.45, 2.75) is 0 Å². The number of rotatable bonds is 5. The summed E-state index contributed by atoms with van der Waals surface area (Å²) in [5.74, 6) is 0. The molecular weight excluding hydrogens is 474 g/mol. The molecule has 7 rings (SSSR count). The number of aromatic nitrogens is 2. The third-order valence-electron chi connectivity index (χ3n) is 7.34. The topological polar surface area (TPSA) is 41.7 Å². The van der Waals surface area contributed by atoms with Gasteiger partial charge in [-0.25, -0.2) is 4.98 Å². The summed E-state index contributed by atoms with van der Waals surface area (Å²) in [4.78, 5) is 5.04. The molecule has 5 aromatic carbocycles. The van der Waals surface area contributed by atoms with Crippen molar-refractivity contribution in [1.29, 1.82) is 5.41 Å². The molecule has 0 aliphatic heterocycles. The average molecular weight is 500 g/mol. The van der Waals surface area contributed by atoms with Crippen LogP contribution in [0.5, 0.6) is 0 Å². The Hall–Kier alpha value is -5.28. The largest absolute Gasteiger partial charge is 0.300 e. The molecule has 0 radical (unpaired) electrons. The first-order valence-electron chi connectivity index (χ1n) is 13.1. The van der Waals surface area contributed by atoms with E-state index in [1.807, 2.05) is 22.8 Å². The first-order valence-corrected chi connectivity index (χ1v) is 13.1. The van der Waals surface area contributed by atoms with Gasteiger partial charge in [0, 0.05) is 21.9 Å². The van der Waals surface area contributed by atoms with E-state index in [0.29, 0.717) is 0 Å². The summed E-state index contributed by atoms with van der Waals surface area (Å²) >= 11 is 0. The molecular formula is C36H25N3. The van der Waals surface area contributed by atoms with Gasteiger partial charge in [-0.3, -0.25) is 5.41 Å². The highest BCUT2D eigenvalue weighted by atomic mass is 15.0. The average Bonchev–Trinajstić information content (AvgIpc) is 3.34. The zero-order valence-electron chi connectivity index (χ0n) is 21.3. The van der Waals surface area contributed by atoms with Crippen LogP contribution in [0.2, 0.25) is 0 Å². The minimum atomic E-state index is 0.945. The Morgan fingerprint density at radius 3 is 1.33 bits per heavy atom. The van der Waals surface area contributed by atoms with Gasteiger partial charge in [0.1, 0.15) is 0 Å². The molecule has 2 aromatic heterocycles. The SMILES string of the molecule is N=Cn1c2ccc(-c3ccccc3)cc2c2cc(-c3cc(-c4ccccc4)nc(-c4ccccc4)c3)ccc21. The third-order valence-corrected chi connectivity index (χ3v) is 7.34. The molecule has 0 saturated carbocycles. The molecule has 0 amide bonds. The lowest BCUT2D eigenvalue weighted by atomic mass is 9.98. The Labute approximate surface area is 227 Å². The third kappa shape index (κ3) is 4.11. The summed E-state index contributed by atoms with van der Waals surface area (Å²) in [6.45, 7) is 0. The lowest BCUT2D eigenvalue weighted by molar-refractivity contribution is 1.28. The van der Waals surface area contributed by atoms with Gasteiger partial charge in [0.05, 0.1) is 28.8 Å². The molecule has 3 nitrogen and oxygen atoms in total. The van der Waals surface area contributed by atoms with Crippen molar-refractivity contribution in [2.75, 3.05) is 0 Å². The fourth-order valence-corrected chi connectivity index (χ4v) is 5.39. The predicted molar refractivity (Wildman–Crippen MR) is 163 cm³/mol. The van der Waals surface area contributed by atoms with E-state index in [4.69, 9.17) is 10.4 Å². The highest BCUT2D eigenvalue weighted by molar-refractivity contribution is 6.13. The Bertz CT molecular complexity index is 1900. The second kappa shape index (κ2) is 9.55. The first-order chi connectivity index (χ1) is 19.3. The highest BCUT2D eigenvalue weighted by Crippen LogP contribution is 2.36. The summed E-state index contributed by atoms with van der Waals surface area (Å²) in [6.07, 6.45) is 1.40. The summed E-state index contributed by atoms with van der Waals surface area (Å²) in [5, 5.41) is 10.4. The maximum Gasteiger partial charge on any atom is 0.0908 e. The smallest absolute Gasteiger partial charge is 0.0908 e.